The summed E-state index contributed by atoms with van der Waals surface area (Å²) in [5.74, 6) is 1.68. The minimum Gasteiger partial charge on any atom is -0.486 e. The Morgan fingerprint density at radius 3 is 2.47 bits per heavy atom. The Morgan fingerprint density at radius 1 is 1.08 bits per heavy atom. The van der Waals surface area contributed by atoms with Crippen LogP contribution in [0.25, 0.3) is 22.2 Å². The van der Waals surface area contributed by atoms with Gasteiger partial charge in [0.15, 0.2) is 0 Å². The highest BCUT2D eigenvalue weighted by atomic mass is 35.5. The van der Waals surface area contributed by atoms with Gasteiger partial charge < -0.3 is 9.64 Å². The van der Waals surface area contributed by atoms with Crippen LogP contribution in [0.1, 0.15) is 25.5 Å². The molecule has 0 radical (unpaired) electrons. The number of H-pyrrole nitrogens is 1. The Labute approximate surface area is 230 Å². The molecule has 0 saturated carbocycles. The molecular weight excluding hydrogens is 547 g/mol. The van der Waals surface area contributed by atoms with E-state index in [1.54, 1.807) is 23.6 Å². The van der Waals surface area contributed by atoms with E-state index in [0.29, 0.717) is 34.4 Å². The molecule has 1 aromatic carbocycles. The van der Waals surface area contributed by atoms with Crippen molar-refractivity contribution >= 4 is 49.9 Å². The predicted octanol–water partition coefficient (Wildman–Crippen LogP) is 4.94. The van der Waals surface area contributed by atoms with Gasteiger partial charge in [-0.3, -0.25) is 10.1 Å². The molecule has 0 aliphatic carbocycles. The topological polar surface area (TPSA) is 104 Å². The van der Waals surface area contributed by atoms with Crippen molar-refractivity contribution in [2.75, 3.05) is 36.8 Å². The number of aromatic nitrogens is 4. The number of rotatable bonds is 7. The van der Waals surface area contributed by atoms with Crippen LogP contribution in [0, 0.1) is 5.41 Å². The molecule has 3 aromatic heterocycles. The lowest BCUT2D eigenvalue weighted by Crippen LogP contribution is -2.73. The number of halogens is 2. The monoisotopic (exact) mass is 572 g/mol. The number of benzene rings is 1. The number of nitrogens with one attached hydrogen (secondary N) is 1. The summed E-state index contributed by atoms with van der Waals surface area (Å²) in [5.41, 5.74) is 3.27. The molecule has 1 atom stereocenters. The van der Waals surface area contributed by atoms with E-state index in [4.69, 9.17) is 27.9 Å². The molecule has 1 spiro atoms. The standard InChI is InChI=1S/C26H26Cl2N6O3S/c1-3-38(35,36)34-14-26(15-34)12-33(13-26)23-7-4-17(9-30-23)25-19-8-18(5-6-22(19)31-32-25)37-16(2)24-20(27)10-29-11-21(24)28/h4-11,16H,3,12-15H2,1-2H3,(H,31,32). The van der Waals surface area contributed by atoms with Crippen molar-refractivity contribution in [3.8, 4) is 17.0 Å². The smallest absolute Gasteiger partial charge is 0.213 e. The van der Waals surface area contributed by atoms with Crippen LogP contribution in [0.2, 0.25) is 10.0 Å². The van der Waals surface area contributed by atoms with Crippen LogP contribution in [-0.4, -0.2) is 64.8 Å². The largest absolute Gasteiger partial charge is 0.486 e. The second kappa shape index (κ2) is 9.37. The highest BCUT2D eigenvalue weighted by molar-refractivity contribution is 7.89. The zero-order valence-corrected chi connectivity index (χ0v) is 23.2. The second-order valence-electron chi connectivity index (χ2n) is 9.99. The van der Waals surface area contributed by atoms with Gasteiger partial charge in [0.2, 0.25) is 10.0 Å². The molecule has 38 heavy (non-hydrogen) atoms. The summed E-state index contributed by atoms with van der Waals surface area (Å²) in [6.45, 7) is 6.39. The third kappa shape index (κ3) is 4.39. The fraction of sp³-hybridized carbons (Fsp3) is 0.346. The number of fused-ring (bicyclic) bond motifs is 1. The number of anilines is 1. The van der Waals surface area contributed by atoms with Crippen LogP contribution < -0.4 is 9.64 Å². The van der Waals surface area contributed by atoms with Crippen molar-refractivity contribution in [2.24, 2.45) is 5.41 Å². The lowest BCUT2D eigenvalue weighted by Gasteiger charge is -2.59. The number of nitrogens with zero attached hydrogens (tertiary/aromatic N) is 5. The van der Waals surface area contributed by atoms with Crippen molar-refractivity contribution in [3.63, 3.8) is 0 Å². The van der Waals surface area contributed by atoms with Crippen molar-refractivity contribution in [1.82, 2.24) is 24.5 Å². The number of pyridine rings is 2. The van der Waals surface area contributed by atoms with Gasteiger partial charge in [0.05, 0.1) is 21.3 Å². The van der Waals surface area contributed by atoms with E-state index in [-0.39, 0.29) is 17.3 Å². The van der Waals surface area contributed by atoms with E-state index in [0.717, 1.165) is 41.1 Å². The number of hydrogen-bond acceptors (Lipinski definition) is 7. The molecule has 2 saturated heterocycles. The summed E-state index contributed by atoms with van der Waals surface area (Å²) in [5, 5.41) is 9.41. The summed E-state index contributed by atoms with van der Waals surface area (Å²) in [4.78, 5) is 10.9. The van der Waals surface area contributed by atoms with Gasteiger partial charge in [-0.25, -0.2) is 17.7 Å². The van der Waals surface area contributed by atoms with E-state index < -0.39 is 10.0 Å². The SMILES string of the molecule is CCS(=O)(=O)N1CC2(CN(c3ccc(-c4n[nH]c5ccc(OC(C)c6c(Cl)cncc6Cl)cc45)cn3)C2)C1. The molecule has 9 nitrogen and oxygen atoms in total. The van der Waals surface area contributed by atoms with Crippen LogP contribution in [0.3, 0.4) is 0 Å². The maximum atomic E-state index is 12.0. The first-order valence-electron chi connectivity index (χ1n) is 12.3. The zero-order valence-electron chi connectivity index (χ0n) is 20.9. The highest BCUT2D eigenvalue weighted by Crippen LogP contribution is 2.43. The van der Waals surface area contributed by atoms with Crippen LogP contribution in [0.15, 0.2) is 48.9 Å². The Bertz CT molecular complexity index is 1590. The minimum atomic E-state index is -3.10. The molecule has 2 aliphatic heterocycles. The summed E-state index contributed by atoms with van der Waals surface area (Å²) < 4.78 is 31.8. The average molecular weight is 574 g/mol. The van der Waals surface area contributed by atoms with Crippen molar-refractivity contribution in [3.05, 3.63) is 64.5 Å². The van der Waals surface area contributed by atoms with Crippen LogP contribution in [-0.2, 0) is 10.0 Å². The molecule has 2 aliphatic rings. The van der Waals surface area contributed by atoms with Crippen LogP contribution in [0.5, 0.6) is 5.75 Å². The molecule has 2 fully saturated rings. The minimum absolute atomic E-state index is 0.0548. The zero-order chi connectivity index (χ0) is 26.7. The van der Waals surface area contributed by atoms with Gasteiger partial charge in [0.25, 0.3) is 0 Å². The Hall–Kier alpha value is -2.92. The van der Waals surface area contributed by atoms with Crippen LogP contribution in [0.4, 0.5) is 5.82 Å². The lowest BCUT2D eigenvalue weighted by molar-refractivity contribution is 0.0391. The van der Waals surface area contributed by atoms with E-state index in [9.17, 15) is 8.42 Å². The Kier molecular flexibility index (Phi) is 6.26. The lowest BCUT2D eigenvalue weighted by atomic mass is 9.74. The average Bonchev–Trinajstić information content (AvgIpc) is 3.26. The third-order valence-corrected chi connectivity index (χ3v) is 9.70. The summed E-state index contributed by atoms with van der Waals surface area (Å²) in [6.07, 6.45) is 4.54. The molecule has 0 bridgehead atoms. The van der Waals surface area contributed by atoms with Crippen molar-refractivity contribution in [1.29, 1.82) is 0 Å². The number of hydrogen-bond donors (Lipinski definition) is 1. The molecule has 6 rings (SSSR count). The molecule has 0 amide bonds. The van der Waals surface area contributed by atoms with E-state index in [1.807, 2.05) is 43.5 Å². The van der Waals surface area contributed by atoms with Crippen molar-refractivity contribution in [2.45, 2.75) is 20.0 Å². The molecule has 4 aromatic rings. The molecule has 1 N–H and O–H groups in total. The van der Waals surface area contributed by atoms with E-state index in [2.05, 4.69) is 25.1 Å². The van der Waals surface area contributed by atoms with E-state index >= 15 is 0 Å². The summed E-state index contributed by atoms with van der Waals surface area (Å²) in [7, 11) is -3.10. The molecule has 198 valence electrons. The molecule has 1 unspecified atom stereocenters. The van der Waals surface area contributed by atoms with Gasteiger partial charge in [-0.2, -0.15) is 5.10 Å². The molecular formula is C26H26Cl2N6O3S. The Balaban J connectivity index is 1.16. The highest BCUT2D eigenvalue weighted by Gasteiger charge is 2.54. The number of sulfonamides is 1. The van der Waals surface area contributed by atoms with Crippen LogP contribution >= 0.6 is 23.2 Å². The first-order valence-corrected chi connectivity index (χ1v) is 14.7. The van der Waals surface area contributed by atoms with Crippen molar-refractivity contribution < 1.29 is 13.2 Å². The van der Waals surface area contributed by atoms with Gasteiger partial charge >= 0.3 is 0 Å². The normalized spacial score (nSPS) is 17.8. The number of aromatic amines is 1. The number of ether oxygens (including phenoxy) is 1. The maximum Gasteiger partial charge on any atom is 0.213 e. The molecule has 12 heteroatoms. The quantitative estimate of drug-likeness (QED) is 0.334. The summed E-state index contributed by atoms with van der Waals surface area (Å²) >= 11 is 12.6. The molecule has 5 heterocycles. The fourth-order valence-corrected chi connectivity index (χ4v) is 7.26. The van der Waals surface area contributed by atoms with Gasteiger partial charge in [-0.1, -0.05) is 23.2 Å². The predicted molar refractivity (Wildman–Crippen MR) is 148 cm³/mol. The second-order valence-corrected chi connectivity index (χ2v) is 13.1. The first-order chi connectivity index (χ1) is 18.2. The van der Waals surface area contributed by atoms with Gasteiger partial charge in [0, 0.05) is 66.7 Å². The third-order valence-electron chi connectivity index (χ3n) is 7.32. The first kappa shape index (κ1) is 25.4. The van der Waals surface area contributed by atoms with E-state index in [1.165, 1.54) is 0 Å². The fourth-order valence-electron chi connectivity index (χ4n) is 5.28. The van der Waals surface area contributed by atoms with Gasteiger partial charge in [-0.05, 0) is 44.2 Å². The van der Waals surface area contributed by atoms with Gasteiger partial charge in [0.1, 0.15) is 23.4 Å². The summed E-state index contributed by atoms with van der Waals surface area (Å²) in [6, 6.07) is 9.72. The van der Waals surface area contributed by atoms with Gasteiger partial charge in [-0.15, -0.1) is 0 Å². The maximum absolute atomic E-state index is 12.0. The Morgan fingerprint density at radius 2 is 1.82 bits per heavy atom.